The van der Waals surface area contributed by atoms with Crippen LogP contribution in [0.5, 0.6) is 0 Å². The van der Waals surface area contributed by atoms with E-state index in [4.69, 9.17) is 4.74 Å². The Morgan fingerprint density at radius 1 is 1.20 bits per heavy atom. The first kappa shape index (κ1) is 27.1. The molecule has 0 aromatic carbocycles. The average molecular weight is 556 g/mol. The number of nitrogens with one attached hydrogen (secondary N) is 2. The number of halogens is 1. The molecule has 8 nitrogen and oxygen atoms in total. The molecule has 0 aliphatic carbocycles. The fourth-order valence-corrected chi connectivity index (χ4v) is 4.12. The van der Waals surface area contributed by atoms with Gasteiger partial charge in [0.2, 0.25) is 5.91 Å². The molecule has 2 rings (SSSR count). The quantitative estimate of drug-likeness (QED) is 0.227. The van der Waals surface area contributed by atoms with E-state index in [1.807, 2.05) is 25.7 Å². The molecule has 0 aromatic heterocycles. The highest BCUT2D eigenvalue weighted by Gasteiger charge is 2.45. The van der Waals surface area contributed by atoms with Crippen LogP contribution in [0.1, 0.15) is 46.5 Å². The molecular weight excluding hydrogens is 517 g/mol. The van der Waals surface area contributed by atoms with Crippen LogP contribution < -0.4 is 10.6 Å². The molecule has 2 unspecified atom stereocenters. The van der Waals surface area contributed by atoms with Gasteiger partial charge in [-0.1, -0.05) is 0 Å². The van der Waals surface area contributed by atoms with Crippen LogP contribution in [0, 0.1) is 0 Å². The lowest BCUT2D eigenvalue weighted by Gasteiger charge is -2.40. The predicted octanol–water partition coefficient (Wildman–Crippen LogP) is 2.52. The van der Waals surface area contributed by atoms with Gasteiger partial charge in [-0.3, -0.25) is 4.79 Å². The molecular formula is C20H38IN5O3S. The zero-order valence-corrected chi connectivity index (χ0v) is 22.2. The van der Waals surface area contributed by atoms with Crippen molar-refractivity contribution in [1.82, 2.24) is 20.4 Å². The number of hydrogen-bond acceptors (Lipinski definition) is 5. The minimum absolute atomic E-state index is 0. The highest BCUT2D eigenvalue weighted by Crippen LogP contribution is 2.36. The lowest BCUT2D eigenvalue weighted by molar-refractivity contribution is -0.127. The van der Waals surface area contributed by atoms with Crippen LogP contribution in [0.25, 0.3) is 0 Å². The molecule has 2 N–H and O–H groups in total. The van der Waals surface area contributed by atoms with E-state index in [1.165, 1.54) is 0 Å². The number of hydrogen-bond donors (Lipinski definition) is 2. The summed E-state index contributed by atoms with van der Waals surface area (Å²) in [5.41, 5.74) is -0.481. The monoisotopic (exact) mass is 555 g/mol. The summed E-state index contributed by atoms with van der Waals surface area (Å²) in [7, 11) is 3.46. The Hall–Kier alpha value is -0.910. The average Bonchev–Trinajstić information content (AvgIpc) is 2.89. The van der Waals surface area contributed by atoms with Gasteiger partial charge >= 0.3 is 6.09 Å². The van der Waals surface area contributed by atoms with E-state index in [0.29, 0.717) is 5.96 Å². The van der Waals surface area contributed by atoms with Crippen molar-refractivity contribution in [2.75, 3.05) is 39.2 Å². The number of fused-ring (bicyclic) bond motifs is 2. The molecule has 174 valence electrons. The lowest BCUT2D eigenvalue weighted by Crippen LogP contribution is -2.55. The fraction of sp³-hybridized carbons (Fsp3) is 0.850. The van der Waals surface area contributed by atoms with Crippen LogP contribution in [0.3, 0.4) is 0 Å². The third-order valence-electron chi connectivity index (χ3n) is 5.15. The summed E-state index contributed by atoms with van der Waals surface area (Å²) < 4.78 is 5.61. The van der Waals surface area contributed by atoms with Crippen LogP contribution in [0.15, 0.2) is 4.99 Å². The van der Waals surface area contributed by atoms with Gasteiger partial charge in [-0.15, -0.1) is 24.0 Å². The van der Waals surface area contributed by atoms with Gasteiger partial charge in [-0.25, -0.2) is 9.79 Å². The van der Waals surface area contributed by atoms with Crippen LogP contribution in [0.4, 0.5) is 4.79 Å². The van der Waals surface area contributed by atoms with Gasteiger partial charge in [0.1, 0.15) is 12.1 Å². The van der Waals surface area contributed by atoms with Crippen LogP contribution in [-0.2, 0) is 9.53 Å². The molecule has 2 aliphatic heterocycles. The topological polar surface area (TPSA) is 86.3 Å². The maximum atomic E-state index is 12.6. The summed E-state index contributed by atoms with van der Waals surface area (Å²) in [6.45, 7) is 6.61. The summed E-state index contributed by atoms with van der Waals surface area (Å²) in [5.74, 6) is 1.60. The van der Waals surface area contributed by atoms with Crippen molar-refractivity contribution in [2.45, 2.75) is 70.2 Å². The molecule has 2 saturated heterocycles. The number of carbonyl (C=O) groups is 2. The number of carbonyl (C=O) groups excluding carboxylic acids is 2. The van der Waals surface area contributed by atoms with E-state index >= 15 is 0 Å². The van der Waals surface area contributed by atoms with Crippen molar-refractivity contribution in [1.29, 1.82) is 0 Å². The molecule has 2 bridgehead atoms. The summed E-state index contributed by atoms with van der Waals surface area (Å²) >= 11 is 1.76. The van der Waals surface area contributed by atoms with Crippen molar-refractivity contribution < 1.29 is 14.3 Å². The molecule has 2 atom stereocenters. The standard InChI is InChI=1S/C20H37N5O3S.HI/c1-20(2,3)28-19(27)25-15-7-8-16(25)12-14(11-15)23-18(21-9-10-29-6)22-13-17(26)24(4)5;/h14-16H,7-13H2,1-6H3,(H2,21,22,23);1H. The lowest BCUT2D eigenvalue weighted by atomic mass is 9.98. The number of likely N-dealkylation sites (N-methyl/N-ethyl adjacent to an activating group) is 1. The van der Waals surface area contributed by atoms with Crippen molar-refractivity contribution in [3.63, 3.8) is 0 Å². The van der Waals surface area contributed by atoms with Crippen molar-refractivity contribution in [3.8, 4) is 0 Å². The predicted molar refractivity (Wildman–Crippen MR) is 134 cm³/mol. The zero-order valence-electron chi connectivity index (χ0n) is 19.1. The second-order valence-corrected chi connectivity index (χ2v) is 9.94. The molecule has 2 fully saturated rings. The Morgan fingerprint density at radius 3 is 2.30 bits per heavy atom. The summed E-state index contributed by atoms with van der Waals surface area (Å²) in [5, 5.41) is 6.82. The number of amides is 2. The second kappa shape index (κ2) is 12.2. The molecule has 0 radical (unpaired) electrons. The Labute approximate surface area is 202 Å². The minimum Gasteiger partial charge on any atom is -0.444 e. The van der Waals surface area contributed by atoms with Crippen LogP contribution in [-0.4, -0.2) is 90.7 Å². The molecule has 2 amide bonds. The number of nitrogens with zero attached hydrogens (tertiary/aromatic N) is 3. The summed E-state index contributed by atoms with van der Waals surface area (Å²) in [6.07, 6.45) is 5.60. The SMILES string of the molecule is CSCCNC(=NCC(=O)N(C)C)NC1CC2CCC(C1)N2C(=O)OC(C)(C)C.I. The van der Waals surface area contributed by atoms with Gasteiger partial charge in [-0.2, -0.15) is 11.8 Å². The molecule has 0 saturated carbocycles. The Kier molecular flexibility index (Phi) is 11.0. The van der Waals surface area contributed by atoms with E-state index in [9.17, 15) is 9.59 Å². The van der Waals surface area contributed by atoms with Gasteiger partial charge in [0.05, 0.1) is 0 Å². The molecule has 10 heteroatoms. The van der Waals surface area contributed by atoms with E-state index in [1.54, 1.807) is 30.8 Å². The number of thioether (sulfide) groups is 1. The smallest absolute Gasteiger partial charge is 0.410 e. The second-order valence-electron chi connectivity index (χ2n) is 8.96. The van der Waals surface area contributed by atoms with E-state index in [-0.39, 0.29) is 60.6 Å². The van der Waals surface area contributed by atoms with Crippen molar-refractivity contribution in [3.05, 3.63) is 0 Å². The first-order valence-corrected chi connectivity index (χ1v) is 11.8. The van der Waals surface area contributed by atoms with Gasteiger partial charge in [0.25, 0.3) is 0 Å². The van der Waals surface area contributed by atoms with E-state index < -0.39 is 5.60 Å². The first-order chi connectivity index (χ1) is 13.6. The number of rotatable bonds is 6. The maximum Gasteiger partial charge on any atom is 0.410 e. The summed E-state index contributed by atoms with van der Waals surface area (Å²) in [4.78, 5) is 32.5. The van der Waals surface area contributed by atoms with E-state index in [2.05, 4.69) is 21.9 Å². The van der Waals surface area contributed by atoms with Gasteiger partial charge in [0, 0.05) is 44.5 Å². The maximum absolute atomic E-state index is 12.6. The van der Waals surface area contributed by atoms with Crippen LogP contribution in [0.2, 0.25) is 0 Å². The number of aliphatic imine (C=N–C) groups is 1. The molecule has 0 aromatic rings. The summed E-state index contributed by atoms with van der Waals surface area (Å²) in [6, 6.07) is 0.607. The number of piperidine rings is 1. The molecule has 2 heterocycles. The highest BCUT2D eigenvalue weighted by molar-refractivity contribution is 14.0. The largest absolute Gasteiger partial charge is 0.444 e. The third kappa shape index (κ3) is 8.32. The first-order valence-electron chi connectivity index (χ1n) is 10.4. The third-order valence-corrected chi connectivity index (χ3v) is 5.76. The Morgan fingerprint density at radius 2 is 1.80 bits per heavy atom. The zero-order chi connectivity index (χ0) is 21.6. The number of ether oxygens (including phenoxy) is 1. The molecule has 0 spiro atoms. The minimum atomic E-state index is -0.481. The molecule has 30 heavy (non-hydrogen) atoms. The van der Waals surface area contributed by atoms with Crippen molar-refractivity contribution >= 4 is 53.7 Å². The highest BCUT2D eigenvalue weighted by atomic mass is 127. The fourth-order valence-electron chi connectivity index (χ4n) is 3.81. The van der Waals surface area contributed by atoms with Gasteiger partial charge in [0.15, 0.2) is 5.96 Å². The Bertz CT molecular complexity index is 598. The molecule has 2 aliphatic rings. The Balaban J connectivity index is 0.00000450. The van der Waals surface area contributed by atoms with E-state index in [0.717, 1.165) is 38.0 Å². The van der Waals surface area contributed by atoms with Gasteiger partial charge < -0.3 is 25.2 Å². The van der Waals surface area contributed by atoms with Gasteiger partial charge in [-0.05, 0) is 52.7 Å². The van der Waals surface area contributed by atoms with Crippen molar-refractivity contribution in [2.24, 2.45) is 4.99 Å². The number of guanidine groups is 1. The van der Waals surface area contributed by atoms with Crippen LogP contribution >= 0.6 is 35.7 Å². The normalized spacial score (nSPS) is 23.5.